The van der Waals surface area contributed by atoms with Gasteiger partial charge in [0, 0.05) is 11.8 Å². The van der Waals surface area contributed by atoms with Gasteiger partial charge in [-0.2, -0.15) is 5.26 Å². The van der Waals surface area contributed by atoms with E-state index in [2.05, 4.69) is 0 Å². The molecule has 0 aliphatic rings. The van der Waals surface area contributed by atoms with Crippen LogP contribution < -0.4 is 5.73 Å². The molecular formula is C15H13N3O3. The molecule has 0 spiro atoms. The molecule has 0 amide bonds. The van der Waals surface area contributed by atoms with Gasteiger partial charge in [-0.1, -0.05) is 12.1 Å². The Bertz CT molecular complexity index is 769. The number of carbonyl (C=O) groups is 2. The molecule has 21 heavy (non-hydrogen) atoms. The van der Waals surface area contributed by atoms with Crippen molar-refractivity contribution in [3.05, 3.63) is 47.3 Å². The molecule has 106 valence electrons. The van der Waals surface area contributed by atoms with Crippen LogP contribution in [0.2, 0.25) is 0 Å². The molecule has 0 fully saturated rings. The highest BCUT2D eigenvalue weighted by molar-refractivity contribution is 6.00. The maximum Gasteiger partial charge on any atom is 0.357 e. The zero-order valence-electron chi connectivity index (χ0n) is 11.6. The summed E-state index contributed by atoms with van der Waals surface area (Å²) < 4.78 is 6.12. The van der Waals surface area contributed by atoms with E-state index in [0.717, 1.165) is 0 Å². The molecule has 0 radical (unpaired) electrons. The van der Waals surface area contributed by atoms with Crippen molar-refractivity contribution in [2.45, 2.75) is 6.92 Å². The number of nitriles is 1. The van der Waals surface area contributed by atoms with Crippen LogP contribution in [0.25, 0.3) is 5.69 Å². The molecule has 6 nitrogen and oxygen atoms in total. The minimum Gasteiger partial charge on any atom is -0.464 e. The van der Waals surface area contributed by atoms with E-state index in [0.29, 0.717) is 11.3 Å². The quantitative estimate of drug-likeness (QED) is 0.685. The number of nitrogens with two attached hydrogens (primary N) is 1. The van der Waals surface area contributed by atoms with E-state index in [-0.39, 0.29) is 22.7 Å². The lowest BCUT2D eigenvalue weighted by Gasteiger charge is -2.11. The van der Waals surface area contributed by atoms with Gasteiger partial charge in [0.25, 0.3) is 0 Å². The zero-order chi connectivity index (χ0) is 15.6. The first-order valence-electron chi connectivity index (χ1n) is 6.10. The van der Waals surface area contributed by atoms with Gasteiger partial charge in [0.05, 0.1) is 24.0 Å². The Hall–Kier alpha value is -3.07. The highest BCUT2D eigenvalue weighted by atomic mass is 16.5. The van der Waals surface area contributed by atoms with Crippen molar-refractivity contribution in [1.29, 1.82) is 5.26 Å². The van der Waals surface area contributed by atoms with Crippen LogP contribution in [0.15, 0.2) is 30.5 Å². The monoisotopic (exact) mass is 283 g/mol. The first kappa shape index (κ1) is 14.3. The normalized spacial score (nSPS) is 9.95. The number of rotatable bonds is 3. The molecule has 2 rings (SSSR count). The van der Waals surface area contributed by atoms with Crippen LogP contribution in [0.3, 0.4) is 0 Å². The topological polar surface area (TPSA) is 98.1 Å². The van der Waals surface area contributed by atoms with Crippen molar-refractivity contribution in [3.63, 3.8) is 0 Å². The summed E-state index contributed by atoms with van der Waals surface area (Å²) in [4.78, 5) is 23.6. The molecule has 1 aromatic heterocycles. The van der Waals surface area contributed by atoms with E-state index in [1.807, 2.05) is 6.07 Å². The number of hydrogen-bond donors (Lipinski definition) is 1. The van der Waals surface area contributed by atoms with Crippen molar-refractivity contribution in [2.75, 3.05) is 12.8 Å². The summed E-state index contributed by atoms with van der Waals surface area (Å²) in [6, 6.07) is 8.67. The Morgan fingerprint density at radius 3 is 2.57 bits per heavy atom. The van der Waals surface area contributed by atoms with Crippen molar-refractivity contribution < 1.29 is 14.3 Å². The summed E-state index contributed by atoms with van der Waals surface area (Å²) in [6.07, 6.45) is 1.42. The van der Waals surface area contributed by atoms with Gasteiger partial charge in [0.1, 0.15) is 6.07 Å². The number of ketones is 1. The molecule has 0 aliphatic carbocycles. The number of nitrogens with zero attached hydrogens (tertiary/aromatic N) is 2. The van der Waals surface area contributed by atoms with Gasteiger partial charge in [-0.15, -0.1) is 0 Å². The molecule has 0 unspecified atom stereocenters. The highest BCUT2D eigenvalue weighted by Gasteiger charge is 2.23. The van der Waals surface area contributed by atoms with Crippen LogP contribution in [0.4, 0.5) is 5.69 Å². The minimum atomic E-state index is -0.674. The molecule has 2 aromatic rings. The number of benzene rings is 1. The molecule has 1 heterocycles. The number of ether oxygens (including phenoxy) is 1. The largest absolute Gasteiger partial charge is 0.464 e. The molecule has 0 saturated carbocycles. The fourth-order valence-corrected chi connectivity index (χ4v) is 2.09. The Morgan fingerprint density at radius 2 is 2.00 bits per heavy atom. The first-order chi connectivity index (χ1) is 10.0. The second-order valence-electron chi connectivity index (χ2n) is 4.35. The van der Waals surface area contributed by atoms with Gasteiger partial charge in [-0.05, 0) is 19.1 Å². The number of para-hydroxylation sites is 1. The lowest BCUT2D eigenvalue weighted by Crippen LogP contribution is -2.13. The third-order valence-corrected chi connectivity index (χ3v) is 3.09. The first-order valence-corrected chi connectivity index (χ1v) is 6.10. The van der Waals surface area contributed by atoms with Crippen LogP contribution in [0.1, 0.15) is 33.3 Å². The number of aromatic nitrogens is 1. The van der Waals surface area contributed by atoms with E-state index in [1.165, 1.54) is 24.8 Å². The molecule has 1 aromatic carbocycles. The van der Waals surface area contributed by atoms with Crippen LogP contribution in [0.5, 0.6) is 0 Å². The summed E-state index contributed by atoms with van der Waals surface area (Å²) in [5.41, 5.74) is 6.92. The minimum absolute atomic E-state index is 0.0303. The number of Topliss-reactive ketones (excluding diaryl/α,β-unsaturated/α-hetero) is 1. The lowest BCUT2D eigenvalue weighted by molar-refractivity contribution is 0.0592. The SMILES string of the molecule is COC(=O)c1c(N)c(C#N)cn1-c1ccccc1C(C)=O. The molecule has 6 heteroatoms. The van der Waals surface area contributed by atoms with Crippen LogP contribution in [-0.2, 0) is 4.74 Å². The van der Waals surface area contributed by atoms with Crippen molar-refractivity contribution in [1.82, 2.24) is 4.57 Å². The van der Waals surface area contributed by atoms with Gasteiger partial charge < -0.3 is 15.0 Å². The number of nitrogen functional groups attached to an aromatic ring is 1. The predicted molar refractivity (Wildman–Crippen MR) is 76.2 cm³/mol. The summed E-state index contributed by atoms with van der Waals surface area (Å²) in [5, 5.41) is 9.07. The van der Waals surface area contributed by atoms with Crippen molar-refractivity contribution in [2.24, 2.45) is 0 Å². The van der Waals surface area contributed by atoms with Gasteiger partial charge >= 0.3 is 5.97 Å². The number of hydrogen-bond acceptors (Lipinski definition) is 5. The maximum atomic E-state index is 11.9. The number of methoxy groups -OCH3 is 1. The molecule has 0 aliphatic heterocycles. The molecule has 0 bridgehead atoms. The number of esters is 1. The van der Waals surface area contributed by atoms with E-state index in [9.17, 15) is 9.59 Å². The summed E-state index contributed by atoms with van der Waals surface area (Å²) in [5.74, 6) is -0.834. The second kappa shape index (κ2) is 5.51. The molecule has 2 N–H and O–H groups in total. The third kappa shape index (κ3) is 2.37. The Labute approximate surface area is 121 Å². The lowest BCUT2D eigenvalue weighted by atomic mass is 10.1. The standard InChI is InChI=1S/C15H13N3O3/c1-9(19)11-5-3-4-6-12(11)18-8-10(7-16)13(17)14(18)15(20)21-2/h3-6,8H,17H2,1-2H3. The second-order valence-corrected chi connectivity index (χ2v) is 4.35. The smallest absolute Gasteiger partial charge is 0.357 e. The Morgan fingerprint density at radius 1 is 1.33 bits per heavy atom. The number of anilines is 1. The molecule has 0 atom stereocenters. The fourth-order valence-electron chi connectivity index (χ4n) is 2.09. The Kier molecular flexibility index (Phi) is 3.76. The average Bonchev–Trinajstić information content (AvgIpc) is 2.83. The maximum absolute atomic E-state index is 11.9. The third-order valence-electron chi connectivity index (χ3n) is 3.09. The van der Waals surface area contributed by atoms with E-state index in [1.54, 1.807) is 24.3 Å². The van der Waals surface area contributed by atoms with Gasteiger partial charge in [-0.25, -0.2) is 4.79 Å². The zero-order valence-corrected chi connectivity index (χ0v) is 11.6. The molecule has 0 saturated heterocycles. The van der Waals surface area contributed by atoms with Crippen molar-refractivity contribution in [3.8, 4) is 11.8 Å². The van der Waals surface area contributed by atoms with Gasteiger partial charge in [0.15, 0.2) is 11.5 Å². The average molecular weight is 283 g/mol. The van der Waals surface area contributed by atoms with Crippen LogP contribution >= 0.6 is 0 Å². The van der Waals surface area contributed by atoms with Gasteiger partial charge in [0.2, 0.25) is 0 Å². The van der Waals surface area contributed by atoms with E-state index >= 15 is 0 Å². The highest BCUT2D eigenvalue weighted by Crippen LogP contribution is 2.26. The van der Waals surface area contributed by atoms with Gasteiger partial charge in [-0.3, -0.25) is 4.79 Å². The molecular weight excluding hydrogens is 270 g/mol. The number of carbonyl (C=O) groups excluding carboxylic acids is 2. The van der Waals surface area contributed by atoms with Crippen LogP contribution in [-0.4, -0.2) is 23.4 Å². The summed E-state index contributed by atoms with van der Waals surface area (Å²) in [6.45, 7) is 1.43. The summed E-state index contributed by atoms with van der Waals surface area (Å²) >= 11 is 0. The van der Waals surface area contributed by atoms with E-state index < -0.39 is 5.97 Å². The predicted octanol–water partition coefficient (Wildman–Crippen LogP) is 1.92. The fraction of sp³-hybridized carbons (Fsp3) is 0.133. The van der Waals surface area contributed by atoms with Crippen LogP contribution in [0, 0.1) is 11.3 Å². The van der Waals surface area contributed by atoms with Crippen molar-refractivity contribution >= 4 is 17.4 Å². The Balaban J connectivity index is 2.79. The van der Waals surface area contributed by atoms with E-state index in [4.69, 9.17) is 15.7 Å². The summed E-state index contributed by atoms with van der Waals surface area (Å²) in [7, 11) is 1.22.